The highest BCUT2D eigenvalue weighted by Gasteiger charge is 2.24. The highest BCUT2D eigenvalue weighted by atomic mass is 32.2. The molecule has 1 N–H and O–H groups in total. The van der Waals surface area contributed by atoms with E-state index in [1.165, 1.54) is 24.0 Å². The third-order valence-corrected chi connectivity index (χ3v) is 6.42. The van der Waals surface area contributed by atoms with Crippen molar-refractivity contribution in [2.75, 3.05) is 25.4 Å². The Hall–Kier alpha value is -1.69. The van der Waals surface area contributed by atoms with Crippen LogP contribution in [0.15, 0.2) is 60.7 Å². The maximum Gasteiger partial charge on any atom is 0.211 e. The number of nitrogens with zero attached hydrogens (tertiary/aromatic N) is 1. The Kier molecular flexibility index (Phi) is 6.83. The first-order chi connectivity index (χ1) is 12.6. The predicted molar refractivity (Wildman–Crippen MR) is 107 cm³/mol. The zero-order valence-electron chi connectivity index (χ0n) is 15.2. The van der Waals surface area contributed by atoms with Gasteiger partial charge in [0.15, 0.2) is 0 Å². The lowest BCUT2D eigenvalue weighted by atomic mass is 10.1. The number of hydrogen-bond acceptors (Lipinski definition) is 3. The summed E-state index contributed by atoms with van der Waals surface area (Å²) in [7, 11) is -3.26. The van der Waals surface area contributed by atoms with Gasteiger partial charge in [0, 0.05) is 12.6 Å². The molecule has 2 aromatic carbocycles. The highest BCUT2D eigenvalue weighted by Crippen LogP contribution is 2.24. The van der Waals surface area contributed by atoms with Gasteiger partial charge in [0.25, 0.3) is 0 Å². The van der Waals surface area contributed by atoms with E-state index in [-0.39, 0.29) is 11.8 Å². The van der Waals surface area contributed by atoms with E-state index in [2.05, 4.69) is 21.8 Å². The molecule has 2 aromatic rings. The summed E-state index contributed by atoms with van der Waals surface area (Å²) in [5.41, 5.74) is 2.36. The van der Waals surface area contributed by atoms with Crippen molar-refractivity contribution >= 4 is 10.0 Å². The summed E-state index contributed by atoms with van der Waals surface area (Å²) in [4.78, 5) is 2.39. The Balaban J connectivity index is 1.55. The lowest BCUT2D eigenvalue weighted by Gasteiger charge is -2.28. The first-order valence-electron chi connectivity index (χ1n) is 9.44. The van der Waals surface area contributed by atoms with E-state index in [0.717, 1.165) is 19.5 Å². The van der Waals surface area contributed by atoms with Crippen molar-refractivity contribution in [3.63, 3.8) is 0 Å². The van der Waals surface area contributed by atoms with Crippen LogP contribution in [0, 0.1) is 0 Å². The van der Waals surface area contributed by atoms with Crippen molar-refractivity contribution < 1.29 is 8.42 Å². The fourth-order valence-electron chi connectivity index (χ4n) is 3.58. The van der Waals surface area contributed by atoms with Gasteiger partial charge < -0.3 is 0 Å². The maximum absolute atomic E-state index is 12.4. The Morgan fingerprint density at radius 3 is 2.19 bits per heavy atom. The Labute approximate surface area is 157 Å². The highest BCUT2D eigenvalue weighted by molar-refractivity contribution is 7.89. The Morgan fingerprint density at radius 2 is 1.54 bits per heavy atom. The number of benzene rings is 2. The van der Waals surface area contributed by atoms with Gasteiger partial charge in [-0.25, -0.2) is 13.1 Å². The molecule has 1 atom stereocenters. The second-order valence-electron chi connectivity index (χ2n) is 6.93. The number of hydrogen-bond donors (Lipinski definition) is 1. The molecule has 26 heavy (non-hydrogen) atoms. The standard InChI is InChI=1S/C21H28N2O2S/c24-26(25,17-9-12-19-10-3-1-4-11-19)22-18-21(23-15-7-8-16-23)20-13-5-2-6-14-20/h1-6,10-11,13-14,21-22H,7-9,12,15-18H2. The minimum atomic E-state index is -3.26. The summed E-state index contributed by atoms with van der Waals surface area (Å²) in [5.74, 6) is 0.170. The van der Waals surface area contributed by atoms with E-state index < -0.39 is 10.0 Å². The molecule has 0 radical (unpaired) electrons. The van der Waals surface area contributed by atoms with Crippen LogP contribution in [0.1, 0.15) is 36.4 Å². The van der Waals surface area contributed by atoms with E-state index in [1.807, 2.05) is 48.5 Å². The van der Waals surface area contributed by atoms with Gasteiger partial charge in [0.1, 0.15) is 0 Å². The van der Waals surface area contributed by atoms with E-state index in [4.69, 9.17) is 0 Å². The molecule has 0 aromatic heterocycles. The zero-order chi connectivity index (χ0) is 18.2. The summed E-state index contributed by atoms with van der Waals surface area (Å²) in [6.45, 7) is 2.52. The first kappa shape index (κ1) is 19.1. The van der Waals surface area contributed by atoms with Crippen molar-refractivity contribution in [2.24, 2.45) is 0 Å². The van der Waals surface area contributed by atoms with Crippen LogP contribution in [-0.2, 0) is 16.4 Å². The third kappa shape index (κ3) is 5.66. The molecule has 1 aliphatic heterocycles. The van der Waals surface area contributed by atoms with Gasteiger partial charge in [-0.1, -0.05) is 60.7 Å². The SMILES string of the molecule is O=S(=O)(CCCc1ccccc1)NCC(c1ccccc1)N1CCCC1. The molecule has 140 valence electrons. The van der Waals surface area contributed by atoms with Crippen LogP contribution in [0.25, 0.3) is 0 Å². The second kappa shape index (κ2) is 9.31. The number of likely N-dealkylation sites (tertiary alicyclic amines) is 1. The van der Waals surface area contributed by atoms with Crippen LogP contribution in [-0.4, -0.2) is 38.7 Å². The van der Waals surface area contributed by atoms with Crippen LogP contribution in [0.2, 0.25) is 0 Å². The molecule has 1 aliphatic rings. The summed E-state index contributed by atoms with van der Waals surface area (Å²) >= 11 is 0. The molecule has 0 bridgehead atoms. The van der Waals surface area contributed by atoms with Gasteiger partial charge >= 0.3 is 0 Å². The van der Waals surface area contributed by atoms with Crippen molar-refractivity contribution in [3.05, 3.63) is 71.8 Å². The van der Waals surface area contributed by atoms with E-state index in [1.54, 1.807) is 0 Å². The van der Waals surface area contributed by atoms with Gasteiger partial charge in [-0.3, -0.25) is 4.90 Å². The van der Waals surface area contributed by atoms with Crippen LogP contribution in [0.3, 0.4) is 0 Å². The molecule has 4 nitrogen and oxygen atoms in total. The largest absolute Gasteiger partial charge is 0.295 e. The molecular weight excluding hydrogens is 344 g/mol. The van der Waals surface area contributed by atoms with Gasteiger partial charge in [-0.15, -0.1) is 0 Å². The van der Waals surface area contributed by atoms with Gasteiger partial charge in [0.05, 0.1) is 5.75 Å². The maximum atomic E-state index is 12.4. The topological polar surface area (TPSA) is 49.4 Å². The Morgan fingerprint density at radius 1 is 0.923 bits per heavy atom. The van der Waals surface area contributed by atoms with E-state index >= 15 is 0 Å². The van der Waals surface area contributed by atoms with Gasteiger partial charge in [-0.05, 0) is 49.9 Å². The number of rotatable bonds is 9. The van der Waals surface area contributed by atoms with Crippen LogP contribution in [0.5, 0.6) is 0 Å². The monoisotopic (exact) mass is 372 g/mol. The van der Waals surface area contributed by atoms with Gasteiger partial charge in [-0.2, -0.15) is 0 Å². The summed E-state index contributed by atoms with van der Waals surface area (Å²) < 4.78 is 27.7. The van der Waals surface area contributed by atoms with Crippen LogP contribution in [0.4, 0.5) is 0 Å². The summed E-state index contributed by atoms with van der Waals surface area (Å²) in [6.07, 6.45) is 3.80. The van der Waals surface area contributed by atoms with Crippen LogP contribution < -0.4 is 4.72 Å². The van der Waals surface area contributed by atoms with Crippen molar-refractivity contribution in [1.82, 2.24) is 9.62 Å². The zero-order valence-corrected chi connectivity index (χ0v) is 16.0. The number of nitrogens with one attached hydrogen (secondary N) is 1. The fraction of sp³-hybridized carbons (Fsp3) is 0.429. The molecule has 3 rings (SSSR count). The summed E-state index contributed by atoms with van der Waals surface area (Å²) in [6, 6.07) is 20.4. The summed E-state index contributed by atoms with van der Waals surface area (Å²) in [5, 5.41) is 0. The Bertz CT molecular complexity index is 757. The fourth-order valence-corrected chi connectivity index (χ4v) is 4.66. The predicted octanol–water partition coefficient (Wildman–Crippen LogP) is 3.38. The molecule has 5 heteroatoms. The normalized spacial score (nSPS) is 16.6. The third-order valence-electron chi connectivity index (χ3n) is 4.98. The minimum absolute atomic E-state index is 0.114. The molecule has 0 amide bonds. The smallest absolute Gasteiger partial charge is 0.211 e. The minimum Gasteiger partial charge on any atom is -0.295 e. The number of aryl methyl sites for hydroxylation is 1. The van der Waals surface area contributed by atoms with Crippen molar-refractivity contribution in [3.8, 4) is 0 Å². The van der Waals surface area contributed by atoms with E-state index in [9.17, 15) is 8.42 Å². The van der Waals surface area contributed by atoms with Crippen molar-refractivity contribution in [2.45, 2.75) is 31.7 Å². The lowest BCUT2D eigenvalue weighted by molar-refractivity contribution is 0.246. The van der Waals surface area contributed by atoms with Crippen LogP contribution >= 0.6 is 0 Å². The second-order valence-corrected chi connectivity index (χ2v) is 8.85. The quantitative estimate of drug-likeness (QED) is 0.734. The van der Waals surface area contributed by atoms with Gasteiger partial charge in [0.2, 0.25) is 10.0 Å². The molecule has 1 fully saturated rings. The lowest BCUT2D eigenvalue weighted by Crippen LogP contribution is -2.37. The molecule has 0 spiro atoms. The first-order valence-corrected chi connectivity index (χ1v) is 11.1. The average molecular weight is 373 g/mol. The molecule has 1 heterocycles. The molecule has 1 saturated heterocycles. The molecular formula is C21H28N2O2S. The van der Waals surface area contributed by atoms with E-state index in [0.29, 0.717) is 13.0 Å². The average Bonchev–Trinajstić information content (AvgIpc) is 3.18. The molecule has 1 unspecified atom stereocenters. The number of sulfonamides is 1. The molecule has 0 aliphatic carbocycles. The molecule has 0 saturated carbocycles. The van der Waals surface area contributed by atoms with Crippen molar-refractivity contribution in [1.29, 1.82) is 0 Å².